The second-order valence-electron chi connectivity index (χ2n) is 4.34. The molecule has 1 saturated carbocycles. The monoisotopic (exact) mass is 228 g/mol. The second kappa shape index (κ2) is 5.84. The Labute approximate surface area is 96.0 Å². The van der Waals surface area contributed by atoms with Gasteiger partial charge in [-0.05, 0) is 25.8 Å². The highest BCUT2D eigenvalue weighted by molar-refractivity contribution is 5.79. The maximum Gasteiger partial charge on any atom is 0.317 e. The fraction of sp³-hybridized carbons (Fsp3) is 0.818. The normalized spacial score (nSPS) is 15.2. The number of hydrogen-bond acceptors (Lipinski definition) is 3. The van der Waals surface area contributed by atoms with Gasteiger partial charge in [-0.25, -0.2) is 0 Å². The molecule has 0 aromatic heterocycles. The van der Waals surface area contributed by atoms with Crippen LogP contribution in [-0.4, -0.2) is 59.5 Å². The molecule has 0 bridgehead atoms. The third-order valence-electron chi connectivity index (χ3n) is 2.75. The van der Waals surface area contributed by atoms with E-state index in [1.54, 1.807) is 16.8 Å². The average Bonchev–Trinajstić information content (AvgIpc) is 2.99. The molecule has 16 heavy (non-hydrogen) atoms. The largest absolute Gasteiger partial charge is 0.480 e. The molecule has 1 amide bonds. The molecule has 5 heteroatoms. The van der Waals surface area contributed by atoms with E-state index in [0.29, 0.717) is 12.6 Å². The number of aliphatic carboxylic acids is 1. The number of nitrogens with zero attached hydrogens (tertiary/aromatic N) is 2. The van der Waals surface area contributed by atoms with Crippen molar-refractivity contribution in [3.05, 3.63) is 0 Å². The van der Waals surface area contributed by atoms with E-state index >= 15 is 0 Å². The van der Waals surface area contributed by atoms with Crippen molar-refractivity contribution in [3.63, 3.8) is 0 Å². The minimum Gasteiger partial charge on any atom is -0.480 e. The SMILES string of the molecule is CCCN(CC(=O)O)CC(=O)N(C)C1CC1. The van der Waals surface area contributed by atoms with Gasteiger partial charge in [-0.3, -0.25) is 14.5 Å². The van der Waals surface area contributed by atoms with Gasteiger partial charge in [0.25, 0.3) is 0 Å². The molecule has 1 N–H and O–H groups in total. The van der Waals surface area contributed by atoms with Gasteiger partial charge in [-0.1, -0.05) is 6.92 Å². The Hall–Kier alpha value is -1.10. The van der Waals surface area contributed by atoms with E-state index < -0.39 is 5.97 Å². The van der Waals surface area contributed by atoms with Crippen LogP contribution in [0, 0.1) is 0 Å². The molecule has 0 radical (unpaired) electrons. The fourth-order valence-corrected chi connectivity index (χ4v) is 1.69. The smallest absolute Gasteiger partial charge is 0.317 e. The van der Waals surface area contributed by atoms with Gasteiger partial charge in [0, 0.05) is 13.1 Å². The molecule has 0 saturated heterocycles. The van der Waals surface area contributed by atoms with Gasteiger partial charge in [0.1, 0.15) is 0 Å². The molecule has 1 aliphatic rings. The van der Waals surface area contributed by atoms with Crippen LogP contribution in [0.2, 0.25) is 0 Å². The number of hydrogen-bond donors (Lipinski definition) is 1. The van der Waals surface area contributed by atoms with Gasteiger partial charge in [-0.2, -0.15) is 0 Å². The highest BCUT2D eigenvalue weighted by Gasteiger charge is 2.30. The van der Waals surface area contributed by atoms with Crippen molar-refractivity contribution in [1.29, 1.82) is 0 Å². The molecule has 5 nitrogen and oxygen atoms in total. The summed E-state index contributed by atoms with van der Waals surface area (Å²) in [5, 5.41) is 8.72. The summed E-state index contributed by atoms with van der Waals surface area (Å²) in [5.41, 5.74) is 0. The zero-order chi connectivity index (χ0) is 12.1. The zero-order valence-electron chi connectivity index (χ0n) is 9.98. The van der Waals surface area contributed by atoms with Crippen molar-refractivity contribution in [2.24, 2.45) is 0 Å². The minimum absolute atomic E-state index is 0.0252. The maximum atomic E-state index is 11.8. The number of carbonyl (C=O) groups excluding carboxylic acids is 1. The number of likely N-dealkylation sites (N-methyl/N-ethyl adjacent to an activating group) is 1. The lowest BCUT2D eigenvalue weighted by Crippen LogP contribution is -2.41. The van der Waals surface area contributed by atoms with Crippen LogP contribution in [0.1, 0.15) is 26.2 Å². The lowest BCUT2D eigenvalue weighted by Gasteiger charge is -2.23. The van der Waals surface area contributed by atoms with E-state index in [2.05, 4.69) is 0 Å². The summed E-state index contributed by atoms with van der Waals surface area (Å²) in [6.07, 6.45) is 3.01. The Bertz CT molecular complexity index is 264. The van der Waals surface area contributed by atoms with Gasteiger partial charge in [-0.15, -0.1) is 0 Å². The van der Waals surface area contributed by atoms with Crippen LogP contribution in [0.15, 0.2) is 0 Å². The first-order chi connectivity index (χ1) is 7.54. The third kappa shape index (κ3) is 4.18. The van der Waals surface area contributed by atoms with Gasteiger partial charge in [0.05, 0.1) is 13.1 Å². The van der Waals surface area contributed by atoms with Crippen molar-refractivity contribution in [1.82, 2.24) is 9.80 Å². The van der Waals surface area contributed by atoms with Crippen molar-refractivity contribution in [3.8, 4) is 0 Å². The number of carboxylic acids is 1. The summed E-state index contributed by atoms with van der Waals surface area (Å²) in [7, 11) is 1.80. The zero-order valence-corrected chi connectivity index (χ0v) is 9.98. The molecule has 0 spiro atoms. The summed E-state index contributed by atoms with van der Waals surface area (Å²) in [4.78, 5) is 25.8. The maximum absolute atomic E-state index is 11.8. The molecule has 0 aromatic rings. The van der Waals surface area contributed by atoms with Gasteiger partial charge in [0.2, 0.25) is 5.91 Å². The molecule has 0 heterocycles. The minimum atomic E-state index is -0.879. The van der Waals surface area contributed by atoms with E-state index in [1.807, 2.05) is 6.92 Å². The van der Waals surface area contributed by atoms with Crippen molar-refractivity contribution >= 4 is 11.9 Å². The third-order valence-corrected chi connectivity index (χ3v) is 2.75. The predicted octanol–water partition coefficient (Wildman–Crippen LogP) is 0.404. The number of amides is 1. The van der Waals surface area contributed by atoms with Gasteiger partial charge >= 0.3 is 5.97 Å². The molecule has 0 atom stereocenters. The van der Waals surface area contributed by atoms with Crippen LogP contribution in [0.4, 0.5) is 0 Å². The van der Waals surface area contributed by atoms with E-state index in [4.69, 9.17) is 5.11 Å². The summed E-state index contributed by atoms with van der Waals surface area (Å²) < 4.78 is 0. The van der Waals surface area contributed by atoms with Crippen LogP contribution >= 0.6 is 0 Å². The molecule has 0 aliphatic heterocycles. The number of carbonyl (C=O) groups is 2. The quantitative estimate of drug-likeness (QED) is 0.685. The van der Waals surface area contributed by atoms with E-state index in [1.165, 1.54) is 0 Å². The van der Waals surface area contributed by atoms with Crippen molar-refractivity contribution in [2.45, 2.75) is 32.2 Å². The van der Waals surface area contributed by atoms with Crippen molar-refractivity contribution < 1.29 is 14.7 Å². The van der Waals surface area contributed by atoms with Crippen LogP contribution < -0.4 is 0 Å². The molecule has 1 rings (SSSR count). The van der Waals surface area contributed by atoms with E-state index in [9.17, 15) is 9.59 Å². The Kier molecular flexibility index (Phi) is 4.73. The topological polar surface area (TPSA) is 60.9 Å². The van der Waals surface area contributed by atoms with Gasteiger partial charge < -0.3 is 10.0 Å². The van der Waals surface area contributed by atoms with Crippen LogP contribution in [0.3, 0.4) is 0 Å². The Balaban J connectivity index is 2.39. The Morgan fingerprint density at radius 2 is 1.94 bits per heavy atom. The summed E-state index contributed by atoms with van der Waals surface area (Å²) in [6.45, 7) is 2.78. The Morgan fingerprint density at radius 3 is 2.38 bits per heavy atom. The predicted molar refractivity (Wildman–Crippen MR) is 60.2 cm³/mol. The molecule has 1 aliphatic carbocycles. The van der Waals surface area contributed by atoms with Crippen LogP contribution in [0.25, 0.3) is 0 Å². The highest BCUT2D eigenvalue weighted by Crippen LogP contribution is 2.25. The summed E-state index contributed by atoms with van der Waals surface area (Å²) in [6, 6.07) is 0.390. The van der Waals surface area contributed by atoms with Gasteiger partial charge in [0.15, 0.2) is 0 Å². The molecule has 0 aromatic carbocycles. The first-order valence-corrected chi connectivity index (χ1v) is 5.74. The molecule has 1 fully saturated rings. The van der Waals surface area contributed by atoms with Crippen LogP contribution in [-0.2, 0) is 9.59 Å². The fourth-order valence-electron chi connectivity index (χ4n) is 1.69. The average molecular weight is 228 g/mol. The molecular weight excluding hydrogens is 208 g/mol. The lowest BCUT2D eigenvalue weighted by atomic mass is 10.3. The first kappa shape index (κ1) is 13.0. The molecule has 0 unspecified atom stereocenters. The van der Waals surface area contributed by atoms with Crippen LogP contribution in [0.5, 0.6) is 0 Å². The number of rotatable bonds is 7. The summed E-state index contributed by atoms with van der Waals surface area (Å²) >= 11 is 0. The summed E-state index contributed by atoms with van der Waals surface area (Å²) in [5.74, 6) is -0.854. The first-order valence-electron chi connectivity index (χ1n) is 5.74. The highest BCUT2D eigenvalue weighted by atomic mass is 16.4. The number of carboxylic acid groups (broad SMARTS) is 1. The lowest BCUT2D eigenvalue weighted by molar-refractivity contribution is -0.139. The standard InChI is InChI=1S/C11H20N2O3/c1-3-6-13(8-11(15)16)7-10(14)12(2)9-4-5-9/h9H,3-8H2,1-2H3,(H,15,16). The van der Waals surface area contributed by atoms with Crippen molar-refractivity contribution in [2.75, 3.05) is 26.7 Å². The Morgan fingerprint density at radius 1 is 1.31 bits per heavy atom. The van der Waals surface area contributed by atoms with E-state index in [0.717, 1.165) is 19.3 Å². The molecule has 92 valence electrons. The van der Waals surface area contributed by atoms with E-state index in [-0.39, 0.29) is 19.0 Å². The molecular formula is C11H20N2O3. The second-order valence-corrected chi connectivity index (χ2v) is 4.34.